The summed E-state index contributed by atoms with van der Waals surface area (Å²) in [5, 5.41) is 9.28. The standard InChI is InChI=1S/C15H20N2O4/c1-20-13(18)4-3-5-17-9-10-6-11(8-16)14(17)12(7-10)15(19)21-2/h6,10,12,14H,3-5,7,9H2,1-2H3. The number of fused-ring (bicyclic) bond motifs is 2. The van der Waals surface area contributed by atoms with Gasteiger partial charge in [0.05, 0.1) is 32.2 Å². The molecule has 3 rings (SSSR count). The molecule has 2 heterocycles. The second-order valence-electron chi connectivity index (χ2n) is 5.48. The fourth-order valence-electron chi connectivity index (χ4n) is 3.32. The Morgan fingerprint density at radius 3 is 2.81 bits per heavy atom. The molecule has 1 aliphatic carbocycles. The summed E-state index contributed by atoms with van der Waals surface area (Å²) in [6.45, 7) is 1.49. The maximum absolute atomic E-state index is 11.9. The van der Waals surface area contributed by atoms with Crippen LogP contribution >= 0.6 is 0 Å². The third kappa shape index (κ3) is 3.24. The van der Waals surface area contributed by atoms with Crippen molar-refractivity contribution >= 4 is 11.9 Å². The van der Waals surface area contributed by atoms with Gasteiger partial charge in [-0.3, -0.25) is 14.5 Å². The maximum Gasteiger partial charge on any atom is 0.310 e. The molecule has 0 spiro atoms. The number of rotatable bonds is 5. The number of piperidine rings is 1. The highest BCUT2D eigenvalue weighted by Gasteiger charge is 2.45. The molecule has 114 valence electrons. The fraction of sp³-hybridized carbons (Fsp3) is 0.667. The summed E-state index contributed by atoms with van der Waals surface area (Å²) in [6, 6.07) is 1.99. The maximum atomic E-state index is 11.9. The predicted octanol–water partition coefficient (Wildman–Crippen LogP) is 0.883. The van der Waals surface area contributed by atoms with E-state index in [1.807, 2.05) is 6.08 Å². The molecular formula is C15H20N2O4. The summed E-state index contributed by atoms with van der Waals surface area (Å²) in [6.07, 6.45) is 3.71. The van der Waals surface area contributed by atoms with Crippen LogP contribution < -0.4 is 0 Å². The molecule has 0 N–H and O–H groups in total. The molecule has 2 bridgehead atoms. The van der Waals surface area contributed by atoms with Crippen molar-refractivity contribution in [2.24, 2.45) is 11.8 Å². The van der Waals surface area contributed by atoms with Gasteiger partial charge in [-0.2, -0.15) is 5.26 Å². The first-order valence-electron chi connectivity index (χ1n) is 7.11. The Morgan fingerprint density at radius 1 is 1.43 bits per heavy atom. The normalized spacial score (nSPS) is 27.7. The Morgan fingerprint density at radius 2 is 2.19 bits per heavy atom. The Hall–Kier alpha value is -1.87. The summed E-state index contributed by atoms with van der Waals surface area (Å²) >= 11 is 0. The lowest BCUT2D eigenvalue weighted by Crippen LogP contribution is -2.55. The molecule has 0 aromatic carbocycles. The third-order valence-electron chi connectivity index (χ3n) is 4.22. The summed E-state index contributed by atoms with van der Waals surface area (Å²) in [5.74, 6) is -0.584. The van der Waals surface area contributed by atoms with Gasteiger partial charge in [0.2, 0.25) is 0 Å². The summed E-state index contributed by atoms with van der Waals surface area (Å²) in [5.41, 5.74) is 0.644. The molecule has 6 nitrogen and oxygen atoms in total. The van der Waals surface area contributed by atoms with Gasteiger partial charge in [-0.15, -0.1) is 0 Å². The van der Waals surface area contributed by atoms with Crippen molar-refractivity contribution in [1.29, 1.82) is 5.26 Å². The van der Waals surface area contributed by atoms with Gasteiger partial charge in [0.15, 0.2) is 0 Å². The first kappa shape index (κ1) is 15.5. The molecule has 0 aromatic rings. The van der Waals surface area contributed by atoms with E-state index in [1.54, 1.807) is 0 Å². The molecule has 2 aliphatic heterocycles. The summed E-state index contributed by atoms with van der Waals surface area (Å²) < 4.78 is 9.49. The van der Waals surface area contributed by atoms with Crippen molar-refractivity contribution in [1.82, 2.24) is 4.90 Å². The van der Waals surface area contributed by atoms with Crippen LogP contribution in [0, 0.1) is 23.2 Å². The zero-order valence-electron chi connectivity index (χ0n) is 12.4. The van der Waals surface area contributed by atoms with Crippen LogP contribution in [0.15, 0.2) is 11.6 Å². The molecule has 1 saturated heterocycles. The number of hydrogen-bond donors (Lipinski definition) is 0. The highest BCUT2D eigenvalue weighted by Crippen LogP contribution is 2.39. The van der Waals surface area contributed by atoms with Gasteiger partial charge in [-0.05, 0) is 25.3 Å². The number of nitriles is 1. The third-order valence-corrected chi connectivity index (χ3v) is 4.22. The van der Waals surface area contributed by atoms with E-state index >= 15 is 0 Å². The van der Waals surface area contributed by atoms with E-state index in [1.165, 1.54) is 14.2 Å². The SMILES string of the molecule is COC(=O)CCCN1CC2C=C(C#N)C1C(C(=O)OC)C2. The lowest BCUT2D eigenvalue weighted by atomic mass is 9.73. The van der Waals surface area contributed by atoms with Crippen LogP contribution in [0.25, 0.3) is 0 Å². The number of ether oxygens (including phenoxy) is 2. The van der Waals surface area contributed by atoms with E-state index in [2.05, 4.69) is 15.7 Å². The number of carbonyl (C=O) groups excluding carboxylic acids is 2. The average Bonchev–Trinajstić information content (AvgIpc) is 2.53. The van der Waals surface area contributed by atoms with Crippen molar-refractivity contribution in [2.45, 2.75) is 25.3 Å². The number of carbonyl (C=O) groups is 2. The second kappa shape index (κ2) is 6.72. The first-order valence-corrected chi connectivity index (χ1v) is 7.11. The highest BCUT2D eigenvalue weighted by molar-refractivity contribution is 5.75. The van der Waals surface area contributed by atoms with Gasteiger partial charge in [-0.25, -0.2) is 0 Å². The van der Waals surface area contributed by atoms with Gasteiger partial charge in [-0.1, -0.05) is 6.08 Å². The van der Waals surface area contributed by atoms with E-state index in [0.717, 1.165) is 13.0 Å². The molecule has 1 fully saturated rings. The van der Waals surface area contributed by atoms with Gasteiger partial charge in [0, 0.05) is 18.5 Å². The number of esters is 2. The van der Waals surface area contributed by atoms with Crippen molar-refractivity contribution in [3.05, 3.63) is 11.6 Å². The lowest BCUT2D eigenvalue weighted by molar-refractivity contribution is -0.150. The molecule has 0 radical (unpaired) electrons. The zero-order chi connectivity index (χ0) is 15.4. The van der Waals surface area contributed by atoms with Crippen LogP contribution in [0.5, 0.6) is 0 Å². The molecule has 3 unspecified atom stereocenters. The molecule has 3 aliphatic rings. The Balaban J connectivity index is 2.06. The molecular weight excluding hydrogens is 272 g/mol. The molecule has 3 atom stereocenters. The quantitative estimate of drug-likeness (QED) is 0.700. The second-order valence-corrected chi connectivity index (χ2v) is 5.48. The minimum Gasteiger partial charge on any atom is -0.469 e. The van der Waals surface area contributed by atoms with Gasteiger partial charge in [0.25, 0.3) is 0 Å². The van der Waals surface area contributed by atoms with Gasteiger partial charge >= 0.3 is 11.9 Å². The van der Waals surface area contributed by atoms with Crippen LogP contribution in [0.2, 0.25) is 0 Å². The number of methoxy groups -OCH3 is 2. The van der Waals surface area contributed by atoms with E-state index < -0.39 is 0 Å². The van der Waals surface area contributed by atoms with Gasteiger partial charge < -0.3 is 9.47 Å². The minimum absolute atomic E-state index is 0.201. The Kier molecular flexibility index (Phi) is 4.97. The van der Waals surface area contributed by atoms with Crippen LogP contribution in [0.3, 0.4) is 0 Å². The molecule has 21 heavy (non-hydrogen) atoms. The average molecular weight is 292 g/mol. The number of nitrogens with zero attached hydrogens (tertiary/aromatic N) is 2. The molecule has 0 amide bonds. The largest absolute Gasteiger partial charge is 0.469 e. The molecule has 6 heteroatoms. The van der Waals surface area contributed by atoms with E-state index in [0.29, 0.717) is 25.0 Å². The van der Waals surface area contributed by atoms with Crippen LogP contribution in [0.1, 0.15) is 19.3 Å². The summed E-state index contributed by atoms with van der Waals surface area (Å²) in [4.78, 5) is 25.2. The molecule has 0 saturated carbocycles. The first-order chi connectivity index (χ1) is 10.1. The fourth-order valence-corrected chi connectivity index (χ4v) is 3.32. The van der Waals surface area contributed by atoms with Crippen LogP contribution in [-0.4, -0.2) is 50.2 Å². The summed E-state index contributed by atoms with van der Waals surface area (Å²) in [7, 11) is 2.75. The van der Waals surface area contributed by atoms with Crippen LogP contribution in [-0.2, 0) is 19.1 Å². The Labute approximate surface area is 124 Å². The van der Waals surface area contributed by atoms with Crippen LogP contribution in [0.4, 0.5) is 0 Å². The van der Waals surface area contributed by atoms with Crippen molar-refractivity contribution in [2.75, 3.05) is 27.3 Å². The lowest BCUT2D eigenvalue weighted by Gasteiger charge is -2.46. The van der Waals surface area contributed by atoms with E-state index in [9.17, 15) is 14.9 Å². The highest BCUT2D eigenvalue weighted by atomic mass is 16.5. The van der Waals surface area contributed by atoms with E-state index in [-0.39, 0.29) is 29.8 Å². The topological polar surface area (TPSA) is 79.6 Å². The monoisotopic (exact) mass is 292 g/mol. The van der Waals surface area contributed by atoms with Crippen molar-refractivity contribution < 1.29 is 19.1 Å². The Bertz CT molecular complexity index is 494. The smallest absolute Gasteiger partial charge is 0.310 e. The van der Waals surface area contributed by atoms with Crippen molar-refractivity contribution in [3.8, 4) is 6.07 Å². The number of hydrogen-bond acceptors (Lipinski definition) is 6. The van der Waals surface area contributed by atoms with E-state index in [4.69, 9.17) is 4.74 Å². The zero-order valence-corrected chi connectivity index (χ0v) is 12.4. The van der Waals surface area contributed by atoms with Crippen molar-refractivity contribution in [3.63, 3.8) is 0 Å². The predicted molar refractivity (Wildman–Crippen MR) is 73.9 cm³/mol. The van der Waals surface area contributed by atoms with Gasteiger partial charge in [0.1, 0.15) is 0 Å². The molecule has 0 aromatic heterocycles. The minimum atomic E-state index is -0.286.